The Morgan fingerprint density at radius 1 is 1.14 bits per heavy atom. The van der Waals surface area contributed by atoms with Gasteiger partial charge < -0.3 is 24.2 Å². The van der Waals surface area contributed by atoms with Gasteiger partial charge >= 0.3 is 0 Å². The monoisotopic (exact) mass is 484 g/mol. The van der Waals surface area contributed by atoms with Gasteiger partial charge in [-0.05, 0) is 37.8 Å². The van der Waals surface area contributed by atoms with Crippen LogP contribution in [0.25, 0.3) is 0 Å². The number of carbonyl (C=O) groups excluding carboxylic acids is 2. The van der Waals surface area contributed by atoms with Crippen LogP contribution in [-0.4, -0.2) is 47.6 Å². The number of benzene rings is 1. The summed E-state index contributed by atoms with van der Waals surface area (Å²) in [5.41, 5.74) is 0.406. The van der Waals surface area contributed by atoms with Crippen molar-refractivity contribution in [1.29, 1.82) is 0 Å². The number of ether oxygens (including phenoxy) is 2. The van der Waals surface area contributed by atoms with Crippen LogP contribution < -0.4 is 14.8 Å². The average molecular weight is 485 g/mol. The van der Waals surface area contributed by atoms with Gasteiger partial charge in [0.2, 0.25) is 17.7 Å². The molecule has 0 bridgehead atoms. The second kappa shape index (κ2) is 11.1. The van der Waals surface area contributed by atoms with Gasteiger partial charge in [0.05, 0.1) is 20.3 Å². The number of nitrogens with one attached hydrogen (secondary N) is 1. The first-order valence-corrected chi connectivity index (χ1v) is 12.6. The lowest BCUT2D eigenvalue weighted by Gasteiger charge is -2.30. The lowest BCUT2D eigenvalue weighted by molar-refractivity contribution is -0.132. The lowest BCUT2D eigenvalue weighted by atomic mass is 9.89. The van der Waals surface area contributed by atoms with Gasteiger partial charge in [-0.15, -0.1) is 0 Å². The van der Waals surface area contributed by atoms with Crippen LogP contribution in [0.3, 0.4) is 0 Å². The van der Waals surface area contributed by atoms with E-state index in [0.717, 1.165) is 68.4 Å². The maximum Gasteiger partial charge on any atom is 0.227 e. The molecule has 4 rings (SSSR count). The van der Waals surface area contributed by atoms with E-state index in [1.165, 1.54) is 6.92 Å². The van der Waals surface area contributed by atoms with E-state index in [2.05, 4.69) is 15.5 Å². The van der Waals surface area contributed by atoms with E-state index in [0.29, 0.717) is 24.7 Å². The Bertz CT molecular complexity index is 1030. The Balaban J connectivity index is 1.44. The van der Waals surface area contributed by atoms with E-state index in [-0.39, 0.29) is 24.3 Å². The molecule has 2 fully saturated rings. The average Bonchev–Trinajstić information content (AvgIpc) is 3.48. The molecule has 2 aromatic rings. The zero-order chi connectivity index (χ0) is 24.8. The number of methoxy groups -OCH3 is 2. The molecule has 1 atom stereocenters. The second-order valence-corrected chi connectivity index (χ2v) is 9.54. The highest BCUT2D eigenvalue weighted by molar-refractivity contribution is 5.77. The molecule has 190 valence electrons. The fourth-order valence-electron chi connectivity index (χ4n) is 5.46. The normalized spacial score (nSPS) is 19.7. The van der Waals surface area contributed by atoms with Crippen LogP contribution >= 0.6 is 0 Å². The van der Waals surface area contributed by atoms with Gasteiger partial charge in [0.1, 0.15) is 17.0 Å². The number of likely N-dealkylation sites (tertiary alicyclic amines) is 1. The summed E-state index contributed by atoms with van der Waals surface area (Å²) in [5.74, 6) is 2.36. The number of hydrogen-bond donors (Lipinski definition) is 1. The van der Waals surface area contributed by atoms with Gasteiger partial charge in [0.15, 0.2) is 5.82 Å². The molecule has 1 aliphatic heterocycles. The summed E-state index contributed by atoms with van der Waals surface area (Å²) in [5, 5.41) is 7.33. The molecule has 9 nitrogen and oxygen atoms in total. The van der Waals surface area contributed by atoms with Crippen LogP contribution in [0, 0.1) is 0 Å². The van der Waals surface area contributed by atoms with E-state index >= 15 is 0 Å². The summed E-state index contributed by atoms with van der Waals surface area (Å²) in [6, 6.07) is 5.70. The van der Waals surface area contributed by atoms with Crippen LogP contribution in [0.4, 0.5) is 0 Å². The number of amides is 2. The predicted molar refractivity (Wildman–Crippen MR) is 129 cm³/mol. The molecule has 1 unspecified atom stereocenters. The highest BCUT2D eigenvalue weighted by Gasteiger charge is 2.38. The number of aromatic nitrogens is 2. The summed E-state index contributed by atoms with van der Waals surface area (Å²) in [6.45, 7) is 2.23. The SMILES string of the molecule is COc1ccc(C2CCCN2C(=O)CCc2nc(C3(NC(C)=O)CCCCCC3)no2)c(OC)c1. The molecule has 2 heterocycles. The third-order valence-electron chi connectivity index (χ3n) is 7.19. The van der Waals surface area contributed by atoms with Crippen molar-refractivity contribution in [2.45, 2.75) is 82.7 Å². The largest absolute Gasteiger partial charge is 0.497 e. The first-order chi connectivity index (χ1) is 17.0. The fourth-order valence-corrected chi connectivity index (χ4v) is 5.46. The number of hydrogen-bond acceptors (Lipinski definition) is 7. The lowest BCUT2D eigenvalue weighted by Crippen LogP contribution is -2.45. The highest BCUT2D eigenvalue weighted by Crippen LogP contribution is 2.39. The summed E-state index contributed by atoms with van der Waals surface area (Å²) >= 11 is 0. The van der Waals surface area contributed by atoms with Crippen LogP contribution in [0.1, 0.15) is 88.0 Å². The predicted octanol–water partition coefficient (Wildman–Crippen LogP) is 4.07. The fraction of sp³-hybridized carbons (Fsp3) is 0.615. The number of rotatable bonds is 8. The van der Waals surface area contributed by atoms with Crippen molar-refractivity contribution in [1.82, 2.24) is 20.4 Å². The van der Waals surface area contributed by atoms with Gasteiger partial charge in [-0.2, -0.15) is 4.98 Å². The van der Waals surface area contributed by atoms with Gasteiger partial charge in [-0.3, -0.25) is 9.59 Å². The molecular weight excluding hydrogens is 448 g/mol. The van der Waals surface area contributed by atoms with Crippen LogP contribution in [0.15, 0.2) is 22.7 Å². The highest BCUT2D eigenvalue weighted by atomic mass is 16.5. The Kier molecular flexibility index (Phi) is 7.93. The molecule has 1 saturated carbocycles. The van der Waals surface area contributed by atoms with E-state index in [1.807, 2.05) is 23.1 Å². The maximum absolute atomic E-state index is 13.2. The minimum Gasteiger partial charge on any atom is -0.497 e. The zero-order valence-electron chi connectivity index (χ0n) is 21.0. The van der Waals surface area contributed by atoms with E-state index < -0.39 is 5.54 Å². The van der Waals surface area contributed by atoms with E-state index in [1.54, 1.807) is 14.2 Å². The van der Waals surface area contributed by atoms with Crippen molar-refractivity contribution in [2.24, 2.45) is 0 Å². The molecule has 9 heteroatoms. The standard InChI is InChI=1S/C26H36N4O5/c1-18(31)28-26(14-6-4-5-7-15-26)25-27-23(35-29-25)12-13-24(32)30-16-8-9-21(30)20-11-10-19(33-2)17-22(20)34-3/h10-11,17,21H,4-9,12-16H2,1-3H3,(H,28,31). The second-order valence-electron chi connectivity index (χ2n) is 9.54. The van der Waals surface area contributed by atoms with Crippen molar-refractivity contribution < 1.29 is 23.6 Å². The van der Waals surface area contributed by atoms with Gasteiger partial charge in [-0.1, -0.05) is 30.8 Å². The molecular formula is C26H36N4O5. The number of carbonyl (C=O) groups is 2. The Morgan fingerprint density at radius 3 is 2.60 bits per heavy atom. The summed E-state index contributed by atoms with van der Waals surface area (Å²) < 4.78 is 16.4. The Morgan fingerprint density at radius 2 is 1.91 bits per heavy atom. The molecule has 2 aliphatic rings. The van der Waals surface area contributed by atoms with Crippen LogP contribution in [0.5, 0.6) is 11.5 Å². The van der Waals surface area contributed by atoms with Crippen molar-refractivity contribution in [3.05, 3.63) is 35.5 Å². The van der Waals surface area contributed by atoms with E-state index in [9.17, 15) is 9.59 Å². The molecule has 1 aromatic heterocycles. The van der Waals surface area contributed by atoms with Crippen LogP contribution in [0.2, 0.25) is 0 Å². The Labute approximate surface area is 206 Å². The first kappa shape index (κ1) is 25.0. The smallest absolute Gasteiger partial charge is 0.227 e. The molecule has 1 aliphatic carbocycles. The number of nitrogens with zero attached hydrogens (tertiary/aromatic N) is 3. The van der Waals surface area contributed by atoms with Gasteiger partial charge in [-0.25, -0.2) is 0 Å². The summed E-state index contributed by atoms with van der Waals surface area (Å²) in [4.78, 5) is 31.7. The molecule has 1 aromatic carbocycles. The van der Waals surface area contributed by atoms with Crippen molar-refractivity contribution in [3.63, 3.8) is 0 Å². The van der Waals surface area contributed by atoms with Crippen molar-refractivity contribution in [3.8, 4) is 11.5 Å². The summed E-state index contributed by atoms with van der Waals surface area (Å²) in [6.07, 6.45) is 8.35. The molecule has 1 saturated heterocycles. The van der Waals surface area contributed by atoms with Gasteiger partial charge in [0.25, 0.3) is 0 Å². The summed E-state index contributed by atoms with van der Waals surface area (Å²) in [7, 11) is 3.26. The quantitative estimate of drug-likeness (QED) is 0.563. The molecule has 35 heavy (non-hydrogen) atoms. The first-order valence-electron chi connectivity index (χ1n) is 12.6. The van der Waals surface area contributed by atoms with Crippen LogP contribution in [-0.2, 0) is 21.5 Å². The third kappa shape index (κ3) is 5.60. The van der Waals surface area contributed by atoms with Crippen molar-refractivity contribution >= 4 is 11.8 Å². The molecule has 2 amide bonds. The zero-order valence-corrected chi connectivity index (χ0v) is 21.0. The molecule has 0 spiro atoms. The molecule has 0 radical (unpaired) electrons. The third-order valence-corrected chi connectivity index (χ3v) is 7.19. The number of aryl methyl sites for hydroxylation is 1. The minimum atomic E-state index is -0.584. The Hall–Kier alpha value is -3.10. The van der Waals surface area contributed by atoms with Gasteiger partial charge in [0, 0.05) is 37.9 Å². The topological polar surface area (TPSA) is 107 Å². The molecule has 1 N–H and O–H groups in total. The maximum atomic E-state index is 13.2. The minimum absolute atomic E-state index is 0.0318. The van der Waals surface area contributed by atoms with Crippen molar-refractivity contribution in [2.75, 3.05) is 20.8 Å². The van der Waals surface area contributed by atoms with E-state index in [4.69, 9.17) is 14.0 Å².